The van der Waals surface area contributed by atoms with Gasteiger partial charge in [0.05, 0.1) is 5.69 Å². The molecule has 0 radical (unpaired) electrons. The van der Waals surface area contributed by atoms with Gasteiger partial charge in [0.15, 0.2) is 0 Å². The van der Waals surface area contributed by atoms with Gasteiger partial charge in [0.25, 0.3) is 0 Å². The fraction of sp³-hybridized carbons (Fsp3) is 0.526. The molecule has 2 fully saturated rings. The Labute approximate surface area is 142 Å². The van der Waals surface area contributed by atoms with Crippen LogP contribution in [-0.4, -0.2) is 39.0 Å². The molecule has 5 heterocycles. The second kappa shape index (κ2) is 5.81. The van der Waals surface area contributed by atoms with E-state index in [1.54, 1.807) is 0 Å². The van der Waals surface area contributed by atoms with E-state index in [9.17, 15) is 0 Å². The molecule has 5 heteroatoms. The minimum absolute atomic E-state index is 0.478. The molecule has 5 rings (SSSR count). The lowest BCUT2D eigenvalue weighted by atomic mass is 9.98. The molecule has 0 aromatic carbocycles. The van der Waals surface area contributed by atoms with Gasteiger partial charge in [-0.2, -0.15) is 0 Å². The predicted octanol–water partition coefficient (Wildman–Crippen LogP) is 2.73. The number of hydrogen-bond acceptors (Lipinski definition) is 5. The third-order valence-electron chi connectivity index (χ3n) is 5.79. The summed E-state index contributed by atoms with van der Waals surface area (Å²) in [4.78, 5) is 18.9. The number of aromatic nitrogens is 3. The first-order chi connectivity index (χ1) is 11.9. The van der Waals surface area contributed by atoms with Crippen LogP contribution < -0.4 is 4.90 Å². The molecule has 5 nitrogen and oxygen atoms in total. The molecule has 2 aromatic heterocycles. The monoisotopic (exact) mass is 321 g/mol. The van der Waals surface area contributed by atoms with Crippen molar-refractivity contribution < 1.29 is 0 Å². The molecule has 3 aliphatic rings. The quantitative estimate of drug-likeness (QED) is 0.870. The van der Waals surface area contributed by atoms with Gasteiger partial charge in [-0.15, -0.1) is 0 Å². The van der Waals surface area contributed by atoms with Crippen molar-refractivity contribution in [1.29, 1.82) is 0 Å². The van der Waals surface area contributed by atoms with E-state index < -0.39 is 0 Å². The van der Waals surface area contributed by atoms with Crippen molar-refractivity contribution >= 4 is 5.95 Å². The Morgan fingerprint density at radius 2 is 2.04 bits per heavy atom. The summed E-state index contributed by atoms with van der Waals surface area (Å²) in [5.74, 6) is 0.950. The first kappa shape index (κ1) is 14.3. The summed E-state index contributed by atoms with van der Waals surface area (Å²) in [6.07, 6.45) is 12.0. The van der Waals surface area contributed by atoms with E-state index in [1.165, 1.54) is 42.5 Å². The summed E-state index contributed by atoms with van der Waals surface area (Å²) in [7, 11) is 0. The number of anilines is 1. The maximum Gasteiger partial charge on any atom is 0.225 e. The van der Waals surface area contributed by atoms with Crippen LogP contribution in [0.2, 0.25) is 0 Å². The summed E-state index contributed by atoms with van der Waals surface area (Å²) < 4.78 is 0. The van der Waals surface area contributed by atoms with Gasteiger partial charge < -0.3 is 4.90 Å². The molecule has 0 N–H and O–H groups in total. The Balaban J connectivity index is 1.42. The molecule has 0 saturated carbocycles. The van der Waals surface area contributed by atoms with Gasteiger partial charge in [0.2, 0.25) is 5.95 Å². The van der Waals surface area contributed by atoms with Gasteiger partial charge >= 0.3 is 0 Å². The van der Waals surface area contributed by atoms with E-state index >= 15 is 0 Å². The van der Waals surface area contributed by atoms with Gasteiger partial charge in [-0.25, -0.2) is 9.97 Å². The Bertz CT molecular complexity index is 726. The maximum atomic E-state index is 4.95. The van der Waals surface area contributed by atoms with Gasteiger partial charge in [0, 0.05) is 62.3 Å². The lowest BCUT2D eigenvalue weighted by Gasteiger charge is -2.35. The summed E-state index contributed by atoms with van der Waals surface area (Å²) in [6, 6.07) is 5.30. The molecular formula is C19H23N5. The zero-order valence-electron chi connectivity index (χ0n) is 13.9. The van der Waals surface area contributed by atoms with E-state index in [4.69, 9.17) is 9.97 Å². The van der Waals surface area contributed by atoms with Crippen LogP contribution in [0.15, 0.2) is 30.7 Å². The number of nitrogens with zero attached hydrogens (tertiary/aromatic N) is 5. The van der Waals surface area contributed by atoms with Crippen LogP contribution in [0.5, 0.6) is 0 Å². The fourth-order valence-electron chi connectivity index (χ4n) is 4.58. The van der Waals surface area contributed by atoms with Crippen molar-refractivity contribution in [2.75, 3.05) is 18.0 Å². The number of pyridine rings is 1. The first-order valence-corrected chi connectivity index (χ1v) is 9.14. The molecule has 2 bridgehead atoms. The Morgan fingerprint density at radius 3 is 2.88 bits per heavy atom. The Kier molecular flexibility index (Phi) is 3.47. The Morgan fingerprint density at radius 1 is 1.12 bits per heavy atom. The van der Waals surface area contributed by atoms with Crippen LogP contribution >= 0.6 is 0 Å². The highest BCUT2D eigenvalue weighted by Crippen LogP contribution is 2.44. The second-order valence-electron chi connectivity index (χ2n) is 7.25. The highest BCUT2D eigenvalue weighted by molar-refractivity contribution is 5.38. The van der Waals surface area contributed by atoms with E-state index in [-0.39, 0.29) is 0 Å². The van der Waals surface area contributed by atoms with Crippen LogP contribution in [0.1, 0.15) is 48.5 Å². The van der Waals surface area contributed by atoms with Crippen molar-refractivity contribution in [3.05, 3.63) is 47.5 Å². The molecule has 0 aliphatic carbocycles. The van der Waals surface area contributed by atoms with Crippen molar-refractivity contribution in [3.8, 4) is 0 Å². The van der Waals surface area contributed by atoms with Gasteiger partial charge in [-0.3, -0.25) is 9.88 Å². The zero-order valence-corrected chi connectivity index (χ0v) is 13.9. The van der Waals surface area contributed by atoms with Crippen LogP contribution in [-0.2, 0) is 13.0 Å². The molecule has 124 valence electrons. The number of hydrogen-bond donors (Lipinski definition) is 0. The minimum Gasteiger partial charge on any atom is -0.341 e. The third kappa shape index (κ3) is 2.38. The largest absolute Gasteiger partial charge is 0.341 e. The summed E-state index contributed by atoms with van der Waals surface area (Å²) in [5, 5.41) is 0. The second-order valence-corrected chi connectivity index (χ2v) is 7.25. The molecule has 24 heavy (non-hydrogen) atoms. The zero-order chi connectivity index (χ0) is 15.9. The lowest BCUT2D eigenvalue weighted by Crippen LogP contribution is -2.38. The average molecular weight is 321 g/mol. The van der Waals surface area contributed by atoms with Crippen LogP contribution in [0.4, 0.5) is 5.95 Å². The molecule has 2 aromatic rings. The summed E-state index contributed by atoms with van der Waals surface area (Å²) in [6.45, 7) is 3.20. The predicted molar refractivity (Wildman–Crippen MR) is 92.7 cm³/mol. The summed E-state index contributed by atoms with van der Waals surface area (Å²) in [5.41, 5.74) is 3.95. The lowest BCUT2D eigenvalue weighted by molar-refractivity contribution is 0.166. The molecule has 0 unspecified atom stereocenters. The smallest absolute Gasteiger partial charge is 0.225 e. The van der Waals surface area contributed by atoms with Crippen molar-refractivity contribution in [1.82, 2.24) is 19.9 Å². The van der Waals surface area contributed by atoms with Crippen LogP contribution in [0.25, 0.3) is 0 Å². The van der Waals surface area contributed by atoms with Gasteiger partial charge in [-0.05, 0) is 37.3 Å². The maximum absolute atomic E-state index is 4.95. The molecule has 0 amide bonds. The van der Waals surface area contributed by atoms with Crippen molar-refractivity contribution in [2.24, 2.45) is 0 Å². The number of rotatable bonds is 3. The van der Waals surface area contributed by atoms with E-state index in [2.05, 4.69) is 27.0 Å². The number of fused-ring (bicyclic) bond motifs is 4. The Hall–Kier alpha value is -2.01. The van der Waals surface area contributed by atoms with Gasteiger partial charge in [-0.1, -0.05) is 6.07 Å². The van der Waals surface area contributed by atoms with Crippen molar-refractivity contribution in [2.45, 2.75) is 50.7 Å². The highest BCUT2D eigenvalue weighted by Gasteiger charge is 2.40. The van der Waals surface area contributed by atoms with E-state index in [0.29, 0.717) is 12.1 Å². The topological polar surface area (TPSA) is 45.2 Å². The van der Waals surface area contributed by atoms with Crippen LogP contribution in [0, 0.1) is 0 Å². The van der Waals surface area contributed by atoms with Crippen LogP contribution in [0.3, 0.4) is 0 Å². The normalized spacial score (nSPS) is 25.9. The molecule has 3 aliphatic heterocycles. The summed E-state index contributed by atoms with van der Waals surface area (Å²) >= 11 is 0. The molecule has 0 spiro atoms. The molecular weight excluding hydrogens is 298 g/mol. The molecule has 2 saturated heterocycles. The third-order valence-corrected chi connectivity index (χ3v) is 5.79. The van der Waals surface area contributed by atoms with E-state index in [0.717, 1.165) is 32.0 Å². The first-order valence-electron chi connectivity index (χ1n) is 9.14. The SMILES string of the molecule is c1cncc(CN2[C@H]3CC[C@H]2c2cnc(N4CCCC4)nc2C3)c1. The van der Waals surface area contributed by atoms with Crippen molar-refractivity contribution in [3.63, 3.8) is 0 Å². The fourth-order valence-corrected chi connectivity index (χ4v) is 4.58. The molecule has 2 atom stereocenters. The van der Waals surface area contributed by atoms with E-state index in [1.807, 2.05) is 18.5 Å². The minimum atomic E-state index is 0.478. The average Bonchev–Trinajstić information content (AvgIpc) is 3.24. The van der Waals surface area contributed by atoms with Gasteiger partial charge in [0.1, 0.15) is 0 Å². The highest BCUT2D eigenvalue weighted by atomic mass is 15.3. The standard InChI is InChI=1S/C19H23N5/c1-2-9-23(8-1)19-21-12-16-17(22-19)10-15-5-6-18(16)24(15)13-14-4-3-7-20-11-14/h3-4,7,11-12,15,18H,1-2,5-6,8-10,13H2/t15-,18-/m0/s1.